The molecule has 1 saturated heterocycles. The van der Waals surface area contributed by atoms with Crippen LogP contribution >= 0.6 is 0 Å². The van der Waals surface area contributed by atoms with Gasteiger partial charge in [-0.1, -0.05) is 0 Å². The minimum absolute atomic E-state index is 0.0885. The fourth-order valence-corrected chi connectivity index (χ4v) is 2.39. The largest absolute Gasteiger partial charge is 0.478 e. The van der Waals surface area contributed by atoms with Crippen molar-refractivity contribution in [3.8, 4) is 0 Å². The number of ether oxygens (including phenoxy) is 1. The molecule has 1 heterocycles. The molecule has 0 radical (unpaired) electrons. The Bertz CT molecular complexity index is 477. The number of hydrogen-bond donors (Lipinski definition) is 2. The Labute approximate surface area is 117 Å². The van der Waals surface area contributed by atoms with Crippen molar-refractivity contribution in [2.24, 2.45) is 5.92 Å². The third-order valence-corrected chi connectivity index (χ3v) is 3.73. The normalized spacial score (nSPS) is 17.4. The summed E-state index contributed by atoms with van der Waals surface area (Å²) < 4.78 is 5.31. The molecule has 2 N–H and O–H groups in total. The zero-order chi connectivity index (χ0) is 14.5. The van der Waals surface area contributed by atoms with Gasteiger partial charge >= 0.3 is 5.97 Å². The Morgan fingerprint density at radius 3 is 2.30 bits per heavy atom. The standard InChI is InChI=1S/C15H19NO4/c1-10(11-6-8-20-9-7-11)16-14(17)12-2-4-13(5-3-12)15(18)19/h2-5,10-11H,6-9H2,1H3,(H,16,17)(H,18,19). The third-order valence-electron chi connectivity index (χ3n) is 3.73. The zero-order valence-electron chi connectivity index (χ0n) is 11.5. The highest BCUT2D eigenvalue weighted by Crippen LogP contribution is 2.18. The van der Waals surface area contributed by atoms with Gasteiger partial charge in [-0.3, -0.25) is 4.79 Å². The zero-order valence-corrected chi connectivity index (χ0v) is 11.5. The maximum Gasteiger partial charge on any atom is 0.335 e. The lowest BCUT2D eigenvalue weighted by atomic mass is 9.93. The molecule has 1 aliphatic rings. The molecule has 0 spiro atoms. The van der Waals surface area contributed by atoms with Crippen LogP contribution in [-0.2, 0) is 4.74 Å². The summed E-state index contributed by atoms with van der Waals surface area (Å²) in [7, 11) is 0. The quantitative estimate of drug-likeness (QED) is 0.881. The molecule has 1 amide bonds. The Morgan fingerprint density at radius 2 is 1.75 bits per heavy atom. The Hall–Kier alpha value is -1.88. The Balaban J connectivity index is 1.95. The van der Waals surface area contributed by atoms with Crippen LogP contribution in [0.3, 0.4) is 0 Å². The van der Waals surface area contributed by atoms with Gasteiger partial charge in [0.25, 0.3) is 5.91 Å². The van der Waals surface area contributed by atoms with Crippen LogP contribution in [0.1, 0.15) is 40.5 Å². The number of amides is 1. The smallest absolute Gasteiger partial charge is 0.335 e. The van der Waals surface area contributed by atoms with Crippen LogP contribution in [0.15, 0.2) is 24.3 Å². The predicted molar refractivity (Wildman–Crippen MR) is 73.9 cm³/mol. The fourth-order valence-electron chi connectivity index (χ4n) is 2.39. The number of carbonyl (C=O) groups excluding carboxylic acids is 1. The van der Waals surface area contributed by atoms with Gasteiger partial charge in [0.05, 0.1) is 5.56 Å². The lowest BCUT2D eigenvalue weighted by Crippen LogP contribution is -2.40. The van der Waals surface area contributed by atoms with E-state index in [1.165, 1.54) is 24.3 Å². The van der Waals surface area contributed by atoms with E-state index in [0.29, 0.717) is 11.5 Å². The maximum atomic E-state index is 12.1. The molecule has 1 aromatic carbocycles. The van der Waals surface area contributed by atoms with Crippen molar-refractivity contribution in [1.82, 2.24) is 5.32 Å². The first kappa shape index (κ1) is 14.5. The molecule has 5 nitrogen and oxygen atoms in total. The summed E-state index contributed by atoms with van der Waals surface area (Å²) in [5.74, 6) is -0.723. The number of carbonyl (C=O) groups is 2. The highest BCUT2D eigenvalue weighted by atomic mass is 16.5. The topological polar surface area (TPSA) is 75.6 Å². The number of rotatable bonds is 4. The molecule has 0 saturated carbocycles. The predicted octanol–water partition coefficient (Wildman–Crippen LogP) is 1.93. The van der Waals surface area contributed by atoms with Crippen LogP contribution in [0.5, 0.6) is 0 Å². The van der Waals surface area contributed by atoms with E-state index in [-0.39, 0.29) is 17.5 Å². The highest BCUT2D eigenvalue weighted by Gasteiger charge is 2.22. The lowest BCUT2D eigenvalue weighted by molar-refractivity contribution is 0.0538. The van der Waals surface area contributed by atoms with Crippen molar-refractivity contribution in [3.63, 3.8) is 0 Å². The molecular formula is C15H19NO4. The number of carboxylic acids is 1. The molecule has 5 heteroatoms. The average Bonchev–Trinajstić information content (AvgIpc) is 2.48. The minimum Gasteiger partial charge on any atom is -0.478 e. The summed E-state index contributed by atoms with van der Waals surface area (Å²) in [6, 6.07) is 6.04. The second-order valence-electron chi connectivity index (χ2n) is 5.09. The highest BCUT2D eigenvalue weighted by molar-refractivity contribution is 5.96. The van der Waals surface area contributed by atoms with E-state index in [0.717, 1.165) is 26.1 Å². The van der Waals surface area contributed by atoms with Crippen molar-refractivity contribution < 1.29 is 19.4 Å². The van der Waals surface area contributed by atoms with Gasteiger partial charge in [0.2, 0.25) is 0 Å². The van der Waals surface area contributed by atoms with Gasteiger partial charge in [-0.25, -0.2) is 4.79 Å². The van der Waals surface area contributed by atoms with Crippen LogP contribution in [0.2, 0.25) is 0 Å². The molecule has 108 valence electrons. The first-order valence-electron chi connectivity index (χ1n) is 6.80. The van der Waals surface area contributed by atoms with Gasteiger partial charge in [-0.2, -0.15) is 0 Å². The first-order valence-corrected chi connectivity index (χ1v) is 6.80. The first-order chi connectivity index (χ1) is 9.58. The van der Waals surface area contributed by atoms with Crippen LogP contribution in [0, 0.1) is 5.92 Å². The summed E-state index contributed by atoms with van der Waals surface area (Å²) in [5, 5.41) is 11.8. The van der Waals surface area contributed by atoms with Gasteiger partial charge in [0.1, 0.15) is 0 Å². The van der Waals surface area contributed by atoms with Gasteiger partial charge in [0.15, 0.2) is 0 Å². The number of benzene rings is 1. The van der Waals surface area contributed by atoms with E-state index >= 15 is 0 Å². The molecule has 0 aliphatic carbocycles. The third kappa shape index (κ3) is 3.57. The number of hydrogen-bond acceptors (Lipinski definition) is 3. The molecule has 1 aromatic rings. The molecular weight excluding hydrogens is 258 g/mol. The SMILES string of the molecule is CC(NC(=O)c1ccc(C(=O)O)cc1)C1CCOCC1. The van der Waals surface area contributed by atoms with Crippen molar-refractivity contribution >= 4 is 11.9 Å². The van der Waals surface area contributed by atoms with Crippen LogP contribution in [0.4, 0.5) is 0 Å². The summed E-state index contributed by atoms with van der Waals surface area (Å²) in [6.07, 6.45) is 1.92. The molecule has 0 bridgehead atoms. The van der Waals surface area contributed by atoms with E-state index in [4.69, 9.17) is 9.84 Å². The van der Waals surface area contributed by atoms with Crippen LogP contribution < -0.4 is 5.32 Å². The van der Waals surface area contributed by atoms with Gasteiger partial charge in [0, 0.05) is 24.8 Å². The monoisotopic (exact) mass is 277 g/mol. The van der Waals surface area contributed by atoms with E-state index in [1.54, 1.807) is 0 Å². The summed E-state index contributed by atoms with van der Waals surface area (Å²) in [6.45, 7) is 3.50. The molecule has 1 aliphatic heterocycles. The van der Waals surface area contributed by atoms with Gasteiger partial charge < -0.3 is 15.2 Å². The number of aromatic carboxylic acids is 1. The number of nitrogens with one attached hydrogen (secondary N) is 1. The Kier molecular flexibility index (Phi) is 4.74. The fraction of sp³-hybridized carbons (Fsp3) is 0.467. The average molecular weight is 277 g/mol. The van der Waals surface area contributed by atoms with Crippen molar-refractivity contribution in [2.45, 2.75) is 25.8 Å². The van der Waals surface area contributed by atoms with Gasteiger partial charge in [-0.05, 0) is 49.9 Å². The van der Waals surface area contributed by atoms with Crippen molar-refractivity contribution in [3.05, 3.63) is 35.4 Å². The summed E-state index contributed by atoms with van der Waals surface area (Å²) in [5.41, 5.74) is 0.660. The van der Waals surface area contributed by atoms with Crippen molar-refractivity contribution in [2.75, 3.05) is 13.2 Å². The van der Waals surface area contributed by atoms with Crippen LogP contribution in [0.25, 0.3) is 0 Å². The van der Waals surface area contributed by atoms with Crippen LogP contribution in [-0.4, -0.2) is 36.2 Å². The van der Waals surface area contributed by atoms with Gasteiger partial charge in [-0.15, -0.1) is 0 Å². The second kappa shape index (κ2) is 6.52. The molecule has 1 unspecified atom stereocenters. The van der Waals surface area contributed by atoms with Crippen molar-refractivity contribution in [1.29, 1.82) is 0 Å². The maximum absolute atomic E-state index is 12.1. The summed E-state index contributed by atoms with van der Waals surface area (Å²) in [4.78, 5) is 22.8. The van der Waals surface area contributed by atoms with E-state index in [9.17, 15) is 9.59 Å². The Morgan fingerprint density at radius 1 is 1.20 bits per heavy atom. The van der Waals surface area contributed by atoms with E-state index in [1.807, 2.05) is 6.92 Å². The minimum atomic E-state index is -0.993. The molecule has 1 atom stereocenters. The number of carboxylic acid groups (broad SMARTS) is 1. The molecule has 0 aromatic heterocycles. The molecule has 20 heavy (non-hydrogen) atoms. The lowest BCUT2D eigenvalue weighted by Gasteiger charge is -2.28. The second-order valence-corrected chi connectivity index (χ2v) is 5.09. The molecule has 1 fully saturated rings. The molecule has 2 rings (SSSR count). The van der Waals surface area contributed by atoms with E-state index < -0.39 is 5.97 Å². The van der Waals surface area contributed by atoms with E-state index in [2.05, 4.69) is 5.32 Å². The summed E-state index contributed by atoms with van der Waals surface area (Å²) >= 11 is 0.